The van der Waals surface area contributed by atoms with Crippen LogP contribution in [0, 0.1) is 0 Å². The van der Waals surface area contributed by atoms with Crippen molar-refractivity contribution >= 4 is 67.0 Å². The SMILES string of the molecule is O=S(O)c1ccccc1S(=O)(=O)c1ccc(Sc2c(Cl)cccc2Cl)cc1S(=O)O. The molecule has 30 heavy (non-hydrogen) atoms. The van der Waals surface area contributed by atoms with Crippen LogP contribution in [0.1, 0.15) is 0 Å². The Morgan fingerprint density at radius 1 is 0.767 bits per heavy atom. The second-order valence-electron chi connectivity index (χ2n) is 5.71. The molecule has 3 aromatic rings. The van der Waals surface area contributed by atoms with Gasteiger partial charge in [-0.05, 0) is 42.5 Å². The van der Waals surface area contributed by atoms with Crippen LogP contribution in [0.15, 0.2) is 90.0 Å². The summed E-state index contributed by atoms with van der Waals surface area (Å²) in [5.41, 5.74) is 0. The summed E-state index contributed by atoms with van der Waals surface area (Å²) in [5, 5.41) is 0.741. The second-order valence-corrected chi connectivity index (χ2v) is 11.4. The van der Waals surface area contributed by atoms with E-state index in [1.54, 1.807) is 18.2 Å². The number of hydrogen-bond acceptors (Lipinski definition) is 5. The molecule has 0 saturated heterocycles. The molecule has 3 rings (SSSR count). The molecule has 2 N–H and O–H groups in total. The van der Waals surface area contributed by atoms with Crippen molar-refractivity contribution in [1.82, 2.24) is 0 Å². The molecule has 0 aliphatic heterocycles. The fourth-order valence-electron chi connectivity index (χ4n) is 2.54. The molecular weight excluding hydrogens is 511 g/mol. The normalized spacial score (nSPS) is 13.7. The summed E-state index contributed by atoms with van der Waals surface area (Å²) in [4.78, 5) is -0.634. The quantitative estimate of drug-likeness (QED) is 0.431. The molecule has 158 valence electrons. The minimum atomic E-state index is -4.36. The van der Waals surface area contributed by atoms with Gasteiger partial charge >= 0.3 is 0 Å². The highest BCUT2D eigenvalue weighted by Gasteiger charge is 2.28. The molecule has 0 amide bonds. The van der Waals surface area contributed by atoms with Gasteiger partial charge in [-0.15, -0.1) is 0 Å². The van der Waals surface area contributed by atoms with Gasteiger partial charge in [-0.3, -0.25) is 0 Å². The molecule has 0 aliphatic rings. The van der Waals surface area contributed by atoms with Crippen LogP contribution in [0.5, 0.6) is 0 Å². The number of sulfone groups is 1. The zero-order valence-corrected chi connectivity index (χ0v) is 19.5. The Hall–Kier alpha value is -1.24. The third-order valence-corrected chi connectivity index (χ3v) is 9.42. The molecule has 0 saturated carbocycles. The van der Waals surface area contributed by atoms with Gasteiger partial charge in [0.2, 0.25) is 9.84 Å². The van der Waals surface area contributed by atoms with Crippen molar-refractivity contribution in [2.75, 3.05) is 0 Å². The zero-order valence-electron chi connectivity index (χ0n) is 14.7. The minimum absolute atomic E-state index is 0.325. The van der Waals surface area contributed by atoms with Crippen LogP contribution in [0.2, 0.25) is 10.0 Å². The van der Waals surface area contributed by atoms with Crippen molar-refractivity contribution in [3.8, 4) is 0 Å². The number of halogens is 2. The topological polar surface area (TPSA) is 109 Å². The van der Waals surface area contributed by atoms with Gasteiger partial charge in [0.05, 0.1) is 29.6 Å². The summed E-state index contributed by atoms with van der Waals surface area (Å²) in [7, 11) is -4.36. The lowest BCUT2D eigenvalue weighted by Gasteiger charge is -2.13. The highest BCUT2D eigenvalue weighted by Crippen LogP contribution is 2.40. The van der Waals surface area contributed by atoms with E-state index < -0.39 is 41.8 Å². The molecule has 2 unspecified atom stereocenters. The van der Waals surface area contributed by atoms with Crippen LogP contribution in [-0.4, -0.2) is 25.9 Å². The van der Waals surface area contributed by atoms with E-state index in [-0.39, 0.29) is 9.79 Å². The molecule has 0 aliphatic carbocycles. The van der Waals surface area contributed by atoms with Crippen LogP contribution in [0.25, 0.3) is 0 Å². The molecule has 0 spiro atoms. The monoisotopic (exact) mass is 522 g/mol. The van der Waals surface area contributed by atoms with Crippen LogP contribution in [0.3, 0.4) is 0 Å². The van der Waals surface area contributed by atoms with E-state index in [9.17, 15) is 25.9 Å². The first-order valence-electron chi connectivity index (χ1n) is 7.94. The van der Waals surface area contributed by atoms with Crippen molar-refractivity contribution in [1.29, 1.82) is 0 Å². The molecule has 12 heteroatoms. The maximum absolute atomic E-state index is 13.1. The summed E-state index contributed by atoms with van der Waals surface area (Å²) in [5.74, 6) is 0. The average molecular weight is 523 g/mol. The van der Waals surface area contributed by atoms with Gasteiger partial charge in [0.15, 0.2) is 22.2 Å². The third-order valence-electron chi connectivity index (χ3n) is 3.86. The van der Waals surface area contributed by atoms with Gasteiger partial charge in [-0.25, -0.2) is 16.8 Å². The second kappa shape index (κ2) is 9.49. The Balaban J connectivity index is 2.13. The number of hydrogen-bond donors (Lipinski definition) is 2. The summed E-state index contributed by atoms with van der Waals surface area (Å²) in [6, 6.07) is 13.9. The van der Waals surface area contributed by atoms with Crippen molar-refractivity contribution in [2.24, 2.45) is 0 Å². The van der Waals surface area contributed by atoms with Gasteiger partial charge in [0.25, 0.3) is 0 Å². The summed E-state index contributed by atoms with van der Waals surface area (Å²) in [6.07, 6.45) is 0. The van der Waals surface area contributed by atoms with Gasteiger partial charge in [-0.1, -0.05) is 53.2 Å². The zero-order chi connectivity index (χ0) is 22.1. The molecule has 0 bridgehead atoms. The minimum Gasteiger partial charge on any atom is -0.302 e. The summed E-state index contributed by atoms with van der Waals surface area (Å²) < 4.78 is 68.9. The van der Waals surface area contributed by atoms with E-state index >= 15 is 0 Å². The van der Waals surface area contributed by atoms with E-state index in [0.29, 0.717) is 19.8 Å². The average Bonchev–Trinajstić information content (AvgIpc) is 2.70. The molecular formula is C18H12Cl2O6S4. The van der Waals surface area contributed by atoms with Crippen molar-refractivity contribution in [2.45, 2.75) is 29.4 Å². The number of rotatable bonds is 6. The molecule has 0 fully saturated rings. The fraction of sp³-hybridized carbons (Fsp3) is 0. The van der Waals surface area contributed by atoms with Gasteiger partial charge < -0.3 is 9.11 Å². The third kappa shape index (κ3) is 4.81. The van der Waals surface area contributed by atoms with Crippen LogP contribution < -0.4 is 0 Å². The van der Waals surface area contributed by atoms with E-state index in [1.807, 2.05) is 0 Å². The Labute approximate surface area is 192 Å². The largest absolute Gasteiger partial charge is 0.302 e. The molecule has 6 nitrogen and oxygen atoms in total. The molecule has 0 aromatic heterocycles. The fourth-order valence-corrected chi connectivity index (χ4v) is 7.51. The highest BCUT2D eigenvalue weighted by atomic mass is 35.5. The molecule has 0 radical (unpaired) electrons. The lowest BCUT2D eigenvalue weighted by molar-refractivity contribution is 0.555. The smallest absolute Gasteiger partial charge is 0.209 e. The van der Waals surface area contributed by atoms with Crippen molar-refractivity contribution < 1.29 is 25.9 Å². The summed E-state index contributed by atoms with van der Waals surface area (Å²) >= 11 is 8.18. The van der Waals surface area contributed by atoms with Crippen LogP contribution in [-0.2, 0) is 32.0 Å². The molecule has 3 aromatic carbocycles. The van der Waals surface area contributed by atoms with Gasteiger partial charge in [0.1, 0.15) is 0 Å². The van der Waals surface area contributed by atoms with E-state index in [4.69, 9.17) is 23.2 Å². The van der Waals surface area contributed by atoms with Gasteiger partial charge in [0, 0.05) is 9.79 Å². The maximum atomic E-state index is 13.1. The standard InChI is InChI=1S/C18H12Cl2O6S4/c19-12-4-3-5-13(20)18(12)27-11-8-9-17(15(10-11)29(23)24)30(25,26)16-7-2-1-6-14(16)28(21)22/h1-10H,(H,21,22)(H,23,24). The maximum Gasteiger partial charge on any atom is 0.209 e. The predicted molar refractivity (Wildman–Crippen MR) is 117 cm³/mol. The first kappa shape index (κ1) is 23.4. The first-order valence-corrected chi connectivity index (χ1v) is 13.2. The lowest BCUT2D eigenvalue weighted by atomic mass is 10.3. The van der Waals surface area contributed by atoms with E-state index in [0.717, 1.165) is 17.8 Å². The first-order chi connectivity index (χ1) is 14.1. The van der Waals surface area contributed by atoms with Crippen LogP contribution >= 0.6 is 35.0 Å². The molecule has 2 atom stereocenters. The molecule has 0 heterocycles. The van der Waals surface area contributed by atoms with Crippen molar-refractivity contribution in [3.63, 3.8) is 0 Å². The Morgan fingerprint density at radius 2 is 1.33 bits per heavy atom. The highest BCUT2D eigenvalue weighted by molar-refractivity contribution is 7.99. The predicted octanol–water partition coefficient (Wildman–Crippen LogP) is 5.14. The van der Waals surface area contributed by atoms with E-state index in [2.05, 4.69) is 0 Å². The van der Waals surface area contributed by atoms with Gasteiger partial charge in [-0.2, -0.15) is 0 Å². The Kier molecular flexibility index (Phi) is 7.41. The van der Waals surface area contributed by atoms with Crippen molar-refractivity contribution in [3.05, 3.63) is 70.7 Å². The number of benzene rings is 3. The summed E-state index contributed by atoms with van der Waals surface area (Å²) in [6.45, 7) is 0. The Bertz CT molecular complexity index is 1260. The lowest BCUT2D eigenvalue weighted by Crippen LogP contribution is -2.10. The van der Waals surface area contributed by atoms with Crippen LogP contribution in [0.4, 0.5) is 0 Å². The van der Waals surface area contributed by atoms with E-state index in [1.165, 1.54) is 36.4 Å². The Morgan fingerprint density at radius 3 is 1.93 bits per heavy atom.